The van der Waals surface area contributed by atoms with Gasteiger partial charge in [-0.2, -0.15) is 0 Å². The Bertz CT molecular complexity index is 494. The highest BCUT2D eigenvalue weighted by atomic mass is 16.2. The maximum atomic E-state index is 11.8. The normalized spacial score (nSPS) is 20.2. The number of anilines is 2. The van der Waals surface area contributed by atoms with E-state index < -0.39 is 0 Å². The molecule has 0 bridgehead atoms. The van der Waals surface area contributed by atoms with Gasteiger partial charge >= 0.3 is 6.03 Å². The average Bonchev–Trinajstić information content (AvgIpc) is 2.84. The molecule has 1 aromatic rings. The van der Waals surface area contributed by atoms with E-state index in [1.165, 1.54) is 0 Å². The molecule has 2 rings (SSSR count). The topological polar surface area (TPSA) is 67.2 Å². The van der Waals surface area contributed by atoms with Crippen LogP contribution in [0.5, 0.6) is 0 Å². The number of urea groups is 1. The zero-order chi connectivity index (χ0) is 14.2. The van der Waals surface area contributed by atoms with Crippen molar-refractivity contribution in [1.82, 2.24) is 5.32 Å². The van der Waals surface area contributed by atoms with Gasteiger partial charge in [-0.1, -0.05) is 33.8 Å². The predicted molar refractivity (Wildman–Crippen MR) is 79.3 cm³/mol. The number of hydrogen-bond acceptors (Lipinski definition) is 2. The third kappa shape index (κ3) is 3.19. The van der Waals surface area contributed by atoms with E-state index in [9.17, 15) is 4.79 Å². The fourth-order valence-corrected chi connectivity index (χ4v) is 2.22. The van der Waals surface area contributed by atoms with Crippen LogP contribution < -0.4 is 16.4 Å². The van der Waals surface area contributed by atoms with Crippen molar-refractivity contribution < 1.29 is 4.79 Å². The first kappa shape index (κ1) is 13.7. The van der Waals surface area contributed by atoms with Gasteiger partial charge in [-0.05, 0) is 35.4 Å². The van der Waals surface area contributed by atoms with Gasteiger partial charge in [0.2, 0.25) is 0 Å². The Kier molecular flexibility index (Phi) is 3.43. The molecule has 19 heavy (non-hydrogen) atoms. The van der Waals surface area contributed by atoms with Crippen molar-refractivity contribution in [2.24, 2.45) is 5.41 Å². The van der Waals surface area contributed by atoms with Crippen molar-refractivity contribution in [1.29, 1.82) is 0 Å². The lowest BCUT2D eigenvalue weighted by Gasteiger charge is -2.13. The molecular formula is C15H23N3O. The summed E-state index contributed by atoms with van der Waals surface area (Å²) in [7, 11) is 0. The van der Waals surface area contributed by atoms with Crippen molar-refractivity contribution in [2.45, 2.75) is 46.1 Å². The largest absolute Gasteiger partial charge is 0.398 e. The molecule has 4 nitrogen and oxygen atoms in total. The van der Waals surface area contributed by atoms with Crippen molar-refractivity contribution in [3.05, 3.63) is 23.8 Å². The molecule has 1 atom stereocenters. The Hall–Kier alpha value is -1.71. The molecule has 4 N–H and O–H groups in total. The number of carbonyl (C=O) groups is 1. The molecule has 4 heteroatoms. The van der Waals surface area contributed by atoms with E-state index in [0.29, 0.717) is 5.92 Å². The molecule has 104 valence electrons. The zero-order valence-corrected chi connectivity index (χ0v) is 12.1. The fourth-order valence-electron chi connectivity index (χ4n) is 2.22. The lowest BCUT2D eigenvalue weighted by atomic mass is 10.0. The summed E-state index contributed by atoms with van der Waals surface area (Å²) in [5, 5.41) is 5.79. The van der Waals surface area contributed by atoms with Crippen LogP contribution in [0.1, 0.15) is 45.6 Å². The summed E-state index contributed by atoms with van der Waals surface area (Å²) in [5.41, 5.74) is 8.78. The summed E-state index contributed by atoms with van der Waals surface area (Å²) < 4.78 is 0. The molecule has 0 heterocycles. The quantitative estimate of drug-likeness (QED) is 0.731. The molecule has 0 spiro atoms. The molecule has 1 aliphatic rings. The Balaban J connectivity index is 1.96. The lowest BCUT2D eigenvalue weighted by Crippen LogP contribution is -2.32. The maximum absolute atomic E-state index is 11.8. The van der Waals surface area contributed by atoms with Gasteiger partial charge in [0.15, 0.2) is 0 Å². The van der Waals surface area contributed by atoms with Gasteiger partial charge in [0.1, 0.15) is 0 Å². The first-order valence-electron chi connectivity index (χ1n) is 6.76. The number of rotatable bonds is 3. The van der Waals surface area contributed by atoms with E-state index in [0.717, 1.165) is 23.4 Å². The summed E-state index contributed by atoms with van der Waals surface area (Å²) in [5.74, 6) is 0.384. The highest BCUT2D eigenvalue weighted by Crippen LogP contribution is 2.44. The monoisotopic (exact) mass is 261 g/mol. The molecule has 0 radical (unpaired) electrons. The molecule has 2 amide bonds. The van der Waals surface area contributed by atoms with E-state index in [4.69, 9.17) is 5.73 Å². The fraction of sp³-hybridized carbons (Fsp3) is 0.533. The molecule has 0 aliphatic heterocycles. The lowest BCUT2D eigenvalue weighted by molar-refractivity contribution is 0.250. The molecule has 0 saturated heterocycles. The van der Waals surface area contributed by atoms with E-state index >= 15 is 0 Å². The van der Waals surface area contributed by atoms with Crippen LogP contribution in [0.25, 0.3) is 0 Å². The van der Waals surface area contributed by atoms with Crippen molar-refractivity contribution in [2.75, 3.05) is 11.1 Å². The third-order valence-electron chi connectivity index (χ3n) is 3.79. The number of benzene rings is 1. The summed E-state index contributed by atoms with van der Waals surface area (Å²) in [4.78, 5) is 11.8. The molecule has 1 saturated carbocycles. The SMILES string of the molecule is CC(C)c1ccc(NC(=O)NC2CC2(C)C)cc1N. The van der Waals surface area contributed by atoms with Crippen molar-refractivity contribution in [3.8, 4) is 0 Å². The first-order chi connectivity index (χ1) is 8.79. The molecule has 1 fully saturated rings. The number of nitrogen functional groups attached to an aromatic ring is 1. The minimum Gasteiger partial charge on any atom is -0.398 e. The van der Waals surface area contributed by atoms with Crippen molar-refractivity contribution >= 4 is 17.4 Å². The Morgan fingerprint density at radius 3 is 2.53 bits per heavy atom. The third-order valence-corrected chi connectivity index (χ3v) is 3.79. The van der Waals surface area contributed by atoms with E-state index in [1.807, 2.05) is 18.2 Å². The zero-order valence-electron chi connectivity index (χ0n) is 12.1. The molecule has 1 aromatic carbocycles. The van der Waals surface area contributed by atoms with Crippen LogP contribution >= 0.6 is 0 Å². The highest BCUT2D eigenvalue weighted by Gasteiger charge is 2.46. The highest BCUT2D eigenvalue weighted by molar-refractivity contribution is 5.90. The molecular weight excluding hydrogens is 238 g/mol. The van der Waals surface area contributed by atoms with E-state index in [2.05, 4.69) is 38.3 Å². The summed E-state index contributed by atoms with van der Waals surface area (Å²) in [6, 6.07) is 5.79. The van der Waals surface area contributed by atoms with Gasteiger partial charge in [0.05, 0.1) is 0 Å². The summed E-state index contributed by atoms with van der Waals surface area (Å²) >= 11 is 0. The molecule has 1 unspecified atom stereocenters. The van der Waals surface area contributed by atoms with Crippen LogP contribution in [-0.4, -0.2) is 12.1 Å². The first-order valence-corrected chi connectivity index (χ1v) is 6.76. The number of hydrogen-bond donors (Lipinski definition) is 3. The van der Waals surface area contributed by atoms with Crippen molar-refractivity contribution in [3.63, 3.8) is 0 Å². The van der Waals surface area contributed by atoms with Gasteiger partial charge in [-0.15, -0.1) is 0 Å². The number of nitrogens with one attached hydrogen (secondary N) is 2. The second-order valence-electron chi connectivity index (χ2n) is 6.34. The minimum atomic E-state index is -0.160. The van der Waals surface area contributed by atoms with Crippen LogP contribution in [0.4, 0.5) is 16.2 Å². The number of amides is 2. The van der Waals surface area contributed by atoms with Crippen LogP contribution in [-0.2, 0) is 0 Å². The standard InChI is InChI=1S/C15H23N3O/c1-9(2)11-6-5-10(7-12(11)16)17-14(19)18-13-8-15(13,3)4/h5-7,9,13H,8,16H2,1-4H3,(H2,17,18,19). The van der Waals surface area contributed by atoms with E-state index in [1.54, 1.807) is 0 Å². The Morgan fingerprint density at radius 1 is 1.42 bits per heavy atom. The maximum Gasteiger partial charge on any atom is 0.319 e. The van der Waals surface area contributed by atoms with Gasteiger partial charge in [-0.3, -0.25) is 0 Å². The predicted octanol–water partition coefficient (Wildman–Crippen LogP) is 3.31. The Morgan fingerprint density at radius 2 is 2.05 bits per heavy atom. The van der Waals surface area contributed by atoms with Gasteiger partial charge in [0.25, 0.3) is 0 Å². The number of nitrogens with two attached hydrogens (primary N) is 1. The van der Waals surface area contributed by atoms with Crippen LogP contribution in [0.15, 0.2) is 18.2 Å². The van der Waals surface area contributed by atoms with Gasteiger partial charge in [0, 0.05) is 17.4 Å². The van der Waals surface area contributed by atoms with Crippen LogP contribution in [0.3, 0.4) is 0 Å². The summed E-state index contributed by atoms with van der Waals surface area (Å²) in [6.07, 6.45) is 1.04. The minimum absolute atomic E-state index is 0.160. The molecule has 0 aromatic heterocycles. The summed E-state index contributed by atoms with van der Waals surface area (Å²) in [6.45, 7) is 8.49. The second kappa shape index (κ2) is 4.76. The van der Waals surface area contributed by atoms with Crippen LogP contribution in [0, 0.1) is 5.41 Å². The Labute approximate surface area is 114 Å². The van der Waals surface area contributed by atoms with E-state index in [-0.39, 0.29) is 17.5 Å². The van der Waals surface area contributed by atoms with Gasteiger partial charge < -0.3 is 16.4 Å². The smallest absolute Gasteiger partial charge is 0.319 e. The van der Waals surface area contributed by atoms with Gasteiger partial charge in [-0.25, -0.2) is 4.79 Å². The average molecular weight is 261 g/mol. The molecule has 1 aliphatic carbocycles. The second-order valence-corrected chi connectivity index (χ2v) is 6.34. The van der Waals surface area contributed by atoms with Crippen LogP contribution in [0.2, 0.25) is 0 Å². The number of carbonyl (C=O) groups excluding carboxylic acids is 1.